The van der Waals surface area contributed by atoms with Crippen molar-refractivity contribution in [1.82, 2.24) is 19.1 Å². The maximum absolute atomic E-state index is 4.58. The van der Waals surface area contributed by atoms with Gasteiger partial charge >= 0.3 is 0 Å². The second-order valence-electron chi connectivity index (χ2n) is 9.69. The van der Waals surface area contributed by atoms with Crippen LogP contribution in [0.1, 0.15) is 43.5 Å². The smallest absolute Gasteiger partial charge is 0.0707 e. The molecule has 0 N–H and O–H groups in total. The van der Waals surface area contributed by atoms with Crippen molar-refractivity contribution in [3.63, 3.8) is 0 Å². The Morgan fingerprint density at radius 3 is 1.43 bits per heavy atom. The summed E-state index contributed by atoms with van der Waals surface area (Å²) >= 11 is 0. The Morgan fingerprint density at radius 2 is 0.943 bits per heavy atom. The fourth-order valence-corrected chi connectivity index (χ4v) is 5.88. The van der Waals surface area contributed by atoms with Crippen molar-refractivity contribution in [3.05, 3.63) is 84.4 Å². The first kappa shape index (κ1) is 21.8. The summed E-state index contributed by atoms with van der Waals surface area (Å²) < 4.78 is 4.97. The molecule has 0 aliphatic heterocycles. The Bertz CT molecular complexity index is 1530. The Kier molecular flexibility index (Phi) is 5.73. The lowest BCUT2D eigenvalue weighted by atomic mass is 10.1. The Labute approximate surface area is 206 Å². The van der Waals surface area contributed by atoms with Crippen LogP contribution in [-0.4, -0.2) is 19.1 Å². The monoisotopic (exact) mass is 460 g/mol. The predicted octanol–water partition coefficient (Wildman–Crippen LogP) is 7.96. The van der Waals surface area contributed by atoms with Gasteiger partial charge in [-0.25, -0.2) is 0 Å². The molecule has 0 unspecified atom stereocenters. The number of aryl methyl sites for hydroxylation is 4. The molecule has 0 bridgehead atoms. The van der Waals surface area contributed by atoms with E-state index in [1.807, 2.05) is 12.4 Å². The molecule has 6 aromatic rings. The SMILES string of the molecule is Cc1nccc2c3ccccc3n(CCCCCCCn3c4ccccc4c4ccnc(C)c43)c12. The summed E-state index contributed by atoms with van der Waals surface area (Å²) in [6.07, 6.45) is 10.0. The van der Waals surface area contributed by atoms with Gasteiger partial charge in [-0.1, -0.05) is 55.7 Å². The van der Waals surface area contributed by atoms with Gasteiger partial charge in [0.15, 0.2) is 0 Å². The van der Waals surface area contributed by atoms with E-state index in [1.54, 1.807) is 0 Å². The quantitative estimate of drug-likeness (QED) is 0.216. The molecule has 0 saturated carbocycles. The van der Waals surface area contributed by atoms with E-state index in [9.17, 15) is 0 Å². The molecule has 2 aromatic carbocycles. The second-order valence-corrected chi connectivity index (χ2v) is 9.69. The van der Waals surface area contributed by atoms with E-state index < -0.39 is 0 Å². The molecule has 4 heteroatoms. The minimum Gasteiger partial charge on any atom is -0.339 e. The van der Waals surface area contributed by atoms with Crippen LogP contribution in [0.2, 0.25) is 0 Å². The van der Waals surface area contributed by atoms with Gasteiger partial charge in [-0.2, -0.15) is 0 Å². The van der Waals surface area contributed by atoms with E-state index in [4.69, 9.17) is 0 Å². The molecule has 35 heavy (non-hydrogen) atoms. The van der Waals surface area contributed by atoms with Gasteiger partial charge in [-0.3, -0.25) is 9.97 Å². The first-order chi connectivity index (χ1) is 17.2. The van der Waals surface area contributed by atoms with Crippen molar-refractivity contribution in [1.29, 1.82) is 0 Å². The zero-order valence-corrected chi connectivity index (χ0v) is 20.7. The van der Waals surface area contributed by atoms with Crippen LogP contribution in [0.25, 0.3) is 43.6 Å². The van der Waals surface area contributed by atoms with E-state index in [0.29, 0.717) is 0 Å². The molecule has 0 saturated heterocycles. The maximum atomic E-state index is 4.58. The molecular formula is C31H32N4. The third-order valence-electron chi connectivity index (χ3n) is 7.49. The molecule has 6 rings (SSSR count). The average molecular weight is 461 g/mol. The number of pyridine rings is 2. The normalized spacial score (nSPS) is 11.9. The molecule has 4 nitrogen and oxygen atoms in total. The number of rotatable bonds is 8. The van der Waals surface area contributed by atoms with Gasteiger partial charge in [-0.15, -0.1) is 0 Å². The van der Waals surface area contributed by atoms with Crippen LogP contribution >= 0.6 is 0 Å². The minimum atomic E-state index is 1.05. The Hall–Kier alpha value is -3.66. The summed E-state index contributed by atoms with van der Waals surface area (Å²) in [6.45, 7) is 6.36. The van der Waals surface area contributed by atoms with E-state index in [2.05, 4.69) is 93.6 Å². The number of fused-ring (bicyclic) bond motifs is 6. The van der Waals surface area contributed by atoms with Crippen LogP contribution in [0, 0.1) is 13.8 Å². The van der Waals surface area contributed by atoms with E-state index >= 15 is 0 Å². The lowest BCUT2D eigenvalue weighted by Crippen LogP contribution is -2.01. The number of para-hydroxylation sites is 2. The lowest BCUT2D eigenvalue weighted by Gasteiger charge is -2.10. The predicted molar refractivity (Wildman–Crippen MR) is 147 cm³/mol. The topological polar surface area (TPSA) is 35.6 Å². The summed E-state index contributed by atoms with van der Waals surface area (Å²) in [5, 5.41) is 5.32. The molecule has 0 fully saturated rings. The fourth-order valence-electron chi connectivity index (χ4n) is 5.88. The standard InChI is InChI=1S/C31H32N4/c1-22-30-26(16-18-32-22)24-12-6-8-14-28(24)34(30)20-10-4-3-5-11-21-35-29-15-9-7-13-25(29)27-17-19-33-23(2)31(27)35/h6-9,12-19H,3-5,10-11,20-21H2,1-2H3. The van der Waals surface area contributed by atoms with Gasteiger partial charge < -0.3 is 9.13 Å². The molecule has 4 aromatic heterocycles. The maximum Gasteiger partial charge on any atom is 0.0707 e. The number of unbranched alkanes of at least 4 members (excludes halogenated alkanes) is 4. The van der Waals surface area contributed by atoms with Crippen LogP contribution < -0.4 is 0 Å². The Morgan fingerprint density at radius 1 is 0.514 bits per heavy atom. The van der Waals surface area contributed by atoms with Crippen molar-refractivity contribution in [2.75, 3.05) is 0 Å². The average Bonchev–Trinajstić information content (AvgIpc) is 3.38. The highest BCUT2D eigenvalue weighted by Crippen LogP contribution is 2.32. The summed E-state index contributed by atoms with van der Waals surface area (Å²) in [5.41, 5.74) is 7.49. The number of hydrogen-bond donors (Lipinski definition) is 0. The van der Waals surface area contributed by atoms with Crippen molar-refractivity contribution in [2.24, 2.45) is 0 Å². The minimum absolute atomic E-state index is 1.05. The van der Waals surface area contributed by atoms with Crippen LogP contribution in [0.5, 0.6) is 0 Å². The highest BCUT2D eigenvalue weighted by Gasteiger charge is 2.13. The molecule has 176 valence electrons. The summed E-state index contributed by atoms with van der Waals surface area (Å²) in [6, 6.07) is 21.8. The van der Waals surface area contributed by atoms with Crippen LogP contribution in [0.4, 0.5) is 0 Å². The molecule has 0 spiro atoms. The fraction of sp³-hybridized carbons (Fsp3) is 0.290. The van der Waals surface area contributed by atoms with Crippen molar-refractivity contribution < 1.29 is 0 Å². The summed E-state index contributed by atoms with van der Waals surface area (Å²) in [4.78, 5) is 9.16. The number of nitrogens with zero attached hydrogens (tertiary/aromatic N) is 4. The van der Waals surface area contributed by atoms with Gasteiger partial charge in [0.05, 0.1) is 22.4 Å². The highest BCUT2D eigenvalue weighted by molar-refractivity contribution is 6.09. The van der Waals surface area contributed by atoms with E-state index in [-0.39, 0.29) is 0 Å². The molecular weight excluding hydrogens is 428 g/mol. The van der Waals surface area contributed by atoms with Gasteiger partial charge in [0.2, 0.25) is 0 Å². The van der Waals surface area contributed by atoms with E-state index in [1.165, 1.54) is 75.7 Å². The van der Waals surface area contributed by atoms with Crippen molar-refractivity contribution in [3.8, 4) is 0 Å². The number of benzene rings is 2. The molecule has 0 aliphatic rings. The third-order valence-corrected chi connectivity index (χ3v) is 7.49. The largest absolute Gasteiger partial charge is 0.339 e. The zero-order chi connectivity index (χ0) is 23.8. The van der Waals surface area contributed by atoms with Gasteiger partial charge in [-0.05, 0) is 51.0 Å². The summed E-state index contributed by atoms with van der Waals surface area (Å²) in [7, 11) is 0. The second kappa shape index (κ2) is 9.18. The van der Waals surface area contributed by atoms with Crippen LogP contribution in [0.3, 0.4) is 0 Å². The number of aromatic nitrogens is 4. The Balaban J connectivity index is 1.10. The zero-order valence-electron chi connectivity index (χ0n) is 20.7. The van der Waals surface area contributed by atoms with Gasteiger partial charge in [0.1, 0.15) is 0 Å². The third kappa shape index (κ3) is 3.78. The summed E-state index contributed by atoms with van der Waals surface area (Å²) in [5.74, 6) is 0. The molecule has 0 aliphatic carbocycles. The van der Waals surface area contributed by atoms with Crippen LogP contribution in [0.15, 0.2) is 73.1 Å². The molecule has 0 radical (unpaired) electrons. The first-order valence-electron chi connectivity index (χ1n) is 12.9. The lowest BCUT2D eigenvalue weighted by molar-refractivity contribution is 0.551. The van der Waals surface area contributed by atoms with Gasteiger partial charge in [0, 0.05) is 58.1 Å². The van der Waals surface area contributed by atoms with Crippen molar-refractivity contribution in [2.45, 2.75) is 59.0 Å². The van der Waals surface area contributed by atoms with Crippen LogP contribution in [-0.2, 0) is 13.1 Å². The molecule has 4 heterocycles. The van der Waals surface area contributed by atoms with Gasteiger partial charge in [0.25, 0.3) is 0 Å². The van der Waals surface area contributed by atoms with E-state index in [0.717, 1.165) is 24.5 Å². The van der Waals surface area contributed by atoms with Crippen molar-refractivity contribution >= 4 is 43.6 Å². The highest BCUT2D eigenvalue weighted by atomic mass is 15.0. The first-order valence-corrected chi connectivity index (χ1v) is 12.9. The number of hydrogen-bond acceptors (Lipinski definition) is 2. The molecule has 0 amide bonds. The molecule has 0 atom stereocenters.